The highest BCUT2D eigenvalue weighted by Gasteiger charge is 2.45. The summed E-state index contributed by atoms with van der Waals surface area (Å²) in [5.41, 5.74) is 9.28. The van der Waals surface area contributed by atoms with E-state index in [1.807, 2.05) is 38.1 Å². The van der Waals surface area contributed by atoms with Crippen LogP contribution in [0.25, 0.3) is 0 Å². The Bertz CT molecular complexity index is 1650. The number of methoxy groups -OCH3 is 2. The van der Waals surface area contributed by atoms with Gasteiger partial charge >= 0.3 is 0 Å². The van der Waals surface area contributed by atoms with Crippen molar-refractivity contribution in [3.05, 3.63) is 76.8 Å². The van der Waals surface area contributed by atoms with Crippen LogP contribution in [0.3, 0.4) is 0 Å². The molecule has 0 fully saturated rings. The lowest BCUT2D eigenvalue weighted by atomic mass is 9.68. The molecule has 0 spiro atoms. The molecule has 1 unspecified atom stereocenters. The molecule has 0 saturated carbocycles. The first-order chi connectivity index (χ1) is 20.1. The second-order valence-electron chi connectivity index (χ2n) is 10.7. The zero-order chi connectivity index (χ0) is 30.0. The molecule has 2 aromatic carbocycles. The molecule has 2 heterocycles. The van der Waals surface area contributed by atoms with Gasteiger partial charge < -0.3 is 20.5 Å². The number of ketones is 1. The van der Waals surface area contributed by atoms with Crippen molar-refractivity contribution < 1.29 is 19.1 Å². The van der Waals surface area contributed by atoms with Crippen LogP contribution in [0.4, 0.5) is 10.8 Å². The van der Waals surface area contributed by atoms with E-state index in [9.17, 15) is 14.9 Å². The number of rotatable bonds is 8. The lowest BCUT2D eigenvalue weighted by Gasteiger charge is -2.42. The minimum Gasteiger partial charge on any atom is -0.497 e. The Morgan fingerprint density at radius 1 is 1.17 bits per heavy atom. The Morgan fingerprint density at radius 2 is 1.88 bits per heavy atom. The van der Waals surface area contributed by atoms with E-state index in [2.05, 4.69) is 21.6 Å². The number of anilines is 2. The van der Waals surface area contributed by atoms with Gasteiger partial charge in [-0.15, -0.1) is 10.2 Å². The summed E-state index contributed by atoms with van der Waals surface area (Å²) in [5.74, 6) is 0.716. The number of nitrogens with one attached hydrogen (secondary N) is 1. The zero-order valence-electron chi connectivity index (χ0n) is 23.6. The lowest BCUT2D eigenvalue weighted by Crippen LogP contribution is -2.42. The molecule has 0 saturated heterocycles. The van der Waals surface area contributed by atoms with Gasteiger partial charge in [-0.1, -0.05) is 55.1 Å². The summed E-state index contributed by atoms with van der Waals surface area (Å²) in [6.45, 7) is 4.07. The van der Waals surface area contributed by atoms with Gasteiger partial charge in [0, 0.05) is 29.4 Å². The van der Waals surface area contributed by atoms with Gasteiger partial charge in [-0.3, -0.25) is 14.5 Å². The molecule has 0 bridgehead atoms. The summed E-state index contributed by atoms with van der Waals surface area (Å²) in [6, 6.07) is 16.7. The standard InChI is InChI=1S/C30H30N6O4S2/c1-30(2)13-22-26(23(37)14-30)25(17-7-5-9-19(11-17)39-3)21(15-31)27(32)36(22)28-34-35-29(42-28)41-16-24(38)33-18-8-6-10-20(12-18)40-4/h5-12,25H,13-14,16,32H2,1-4H3,(H,33,38). The number of thioether (sulfide) groups is 1. The molecule has 1 aliphatic carbocycles. The third-order valence-corrected chi connectivity index (χ3v) is 9.12. The Kier molecular flexibility index (Phi) is 8.24. The molecule has 0 radical (unpaired) electrons. The molecule has 1 aromatic heterocycles. The number of benzene rings is 2. The molecular weight excluding hydrogens is 573 g/mol. The first-order valence-electron chi connectivity index (χ1n) is 13.1. The Labute approximate surface area is 252 Å². The maximum Gasteiger partial charge on any atom is 0.234 e. The van der Waals surface area contributed by atoms with Crippen molar-refractivity contribution in [2.75, 3.05) is 30.2 Å². The molecule has 42 heavy (non-hydrogen) atoms. The van der Waals surface area contributed by atoms with Crippen LogP contribution in [0.15, 0.2) is 75.5 Å². The van der Waals surface area contributed by atoms with E-state index in [4.69, 9.17) is 15.2 Å². The number of aromatic nitrogens is 2. The van der Waals surface area contributed by atoms with Crippen molar-refractivity contribution in [3.8, 4) is 17.6 Å². The molecule has 3 aromatic rings. The number of allylic oxidation sites excluding steroid dienone is 3. The number of amides is 1. The normalized spacial score (nSPS) is 17.9. The molecule has 5 rings (SSSR count). The Balaban J connectivity index is 1.45. The second kappa shape index (κ2) is 11.9. The van der Waals surface area contributed by atoms with Crippen molar-refractivity contribution in [2.24, 2.45) is 11.1 Å². The maximum absolute atomic E-state index is 13.7. The smallest absolute Gasteiger partial charge is 0.234 e. The van der Waals surface area contributed by atoms with Crippen LogP contribution >= 0.6 is 23.1 Å². The van der Waals surface area contributed by atoms with Crippen LogP contribution in [0.2, 0.25) is 0 Å². The summed E-state index contributed by atoms with van der Waals surface area (Å²) in [7, 11) is 3.14. The van der Waals surface area contributed by atoms with Gasteiger partial charge in [0.2, 0.25) is 11.0 Å². The molecule has 216 valence electrons. The van der Waals surface area contributed by atoms with Crippen molar-refractivity contribution in [3.63, 3.8) is 0 Å². The van der Waals surface area contributed by atoms with Crippen molar-refractivity contribution >= 4 is 45.6 Å². The minimum absolute atomic E-state index is 0.0346. The Hall–Kier alpha value is -4.34. The second-order valence-corrected chi connectivity index (χ2v) is 12.9. The van der Waals surface area contributed by atoms with Gasteiger partial charge in [0.15, 0.2) is 10.1 Å². The summed E-state index contributed by atoms with van der Waals surface area (Å²) < 4.78 is 11.2. The molecule has 1 amide bonds. The number of nitrogens with two attached hydrogens (primary N) is 1. The SMILES string of the molecule is COc1cccc(NC(=O)CSc2nnc(N3C(N)=C(C#N)C(c4cccc(OC)c4)C4=C3CC(C)(C)CC4=O)s2)c1. The van der Waals surface area contributed by atoms with E-state index in [1.54, 1.807) is 43.4 Å². The number of carbonyl (C=O) groups is 2. The molecule has 1 atom stereocenters. The van der Waals surface area contributed by atoms with Crippen LogP contribution in [0.1, 0.15) is 38.2 Å². The molecule has 1 aliphatic heterocycles. The largest absolute Gasteiger partial charge is 0.497 e. The van der Waals surface area contributed by atoms with Crippen molar-refractivity contribution in [1.82, 2.24) is 10.2 Å². The molecule has 10 nitrogen and oxygen atoms in total. The predicted molar refractivity (Wildman–Crippen MR) is 162 cm³/mol. The molecule has 3 N–H and O–H groups in total. The van der Waals surface area contributed by atoms with Crippen LogP contribution in [-0.2, 0) is 9.59 Å². The number of nitriles is 1. The molecule has 2 aliphatic rings. The summed E-state index contributed by atoms with van der Waals surface area (Å²) in [6.07, 6.45) is 0.900. The third kappa shape index (κ3) is 5.84. The maximum atomic E-state index is 13.7. The third-order valence-electron chi connectivity index (χ3n) is 7.08. The van der Waals surface area contributed by atoms with E-state index in [0.717, 1.165) is 5.56 Å². The van der Waals surface area contributed by atoms with Crippen molar-refractivity contribution in [1.29, 1.82) is 5.26 Å². The van der Waals surface area contributed by atoms with Gasteiger partial charge in [0.05, 0.1) is 37.5 Å². The minimum atomic E-state index is -0.623. The fourth-order valence-electron chi connectivity index (χ4n) is 5.26. The number of carbonyl (C=O) groups excluding carboxylic acids is 2. The van der Waals surface area contributed by atoms with Crippen LogP contribution in [-0.4, -0.2) is 41.9 Å². The quantitative estimate of drug-likeness (QED) is 0.329. The Morgan fingerprint density at radius 3 is 2.60 bits per heavy atom. The van der Waals surface area contributed by atoms with E-state index < -0.39 is 5.92 Å². The fraction of sp³-hybridized carbons (Fsp3) is 0.300. The average Bonchev–Trinajstić information content (AvgIpc) is 3.43. The molecule has 12 heteroatoms. The highest BCUT2D eigenvalue weighted by Crippen LogP contribution is 2.51. The zero-order valence-corrected chi connectivity index (χ0v) is 25.3. The van der Waals surface area contributed by atoms with Gasteiger partial charge in [-0.2, -0.15) is 5.26 Å². The van der Waals surface area contributed by atoms with E-state index in [0.29, 0.717) is 50.8 Å². The number of nitrogens with zero attached hydrogens (tertiary/aromatic N) is 4. The summed E-state index contributed by atoms with van der Waals surface area (Å²) >= 11 is 2.49. The van der Waals surface area contributed by atoms with Gasteiger partial charge in [0.25, 0.3) is 0 Å². The van der Waals surface area contributed by atoms with E-state index in [1.165, 1.54) is 23.1 Å². The monoisotopic (exact) mass is 602 g/mol. The highest BCUT2D eigenvalue weighted by atomic mass is 32.2. The summed E-state index contributed by atoms with van der Waals surface area (Å²) in [4.78, 5) is 28.0. The number of hydrogen-bond donors (Lipinski definition) is 2. The first kappa shape index (κ1) is 29.2. The lowest BCUT2D eigenvalue weighted by molar-refractivity contribution is -0.118. The average molecular weight is 603 g/mol. The van der Waals surface area contributed by atoms with Gasteiger partial charge in [-0.25, -0.2) is 0 Å². The predicted octanol–water partition coefficient (Wildman–Crippen LogP) is 5.23. The number of hydrogen-bond acceptors (Lipinski definition) is 11. The van der Waals surface area contributed by atoms with Crippen LogP contribution in [0, 0.1) is 16.7 Å². The van der Waals surface area contributed by atoms with Crippen LogP contribution < -0.4 is 25.4 Å². The van der Waals surface area contributed by atoms with Crippen molar-refractivity contribution in [2.45, 2.75) is 36.9 Å². The number of ether oxygens (including phenoxy) is 2. The van der Waals surface area contributed by atoms with Gasteiger partial charge in [0.1, 0.15) is 17.3 Å². The fourth-order valence-corrected chi connectivity index (χ4v) is 6.94. The summed E-state index contributed by atoms with van der Waals surface area (Å²) in [5, 5.41) is 22.2. The number of Topliss-reactive ketones (excluding diaryl/α,β-unsaturated/α-hetero) is 1. The van der Waals surface area contributed by atoms with E-state index >= 15 is 0 Å². The van der Waals surface area contributed by atoms with E-state index in [-0.39, 0.29) is 34.3 Å². The van der Waals surface area contributed by atoms with Gasteiger partial charge in [-0.05, 0) is 41.7 Å². The first-order valence-corrected chi connectivity index (χ1v) is 14.9. The highest BCUT2D eigenvalue weighted by molar-refractivity contribution is 8.01. The topological polar surface area (TPSA) is 143 Å². The van der Waals surface area contributed by atoms with Crippen LogP contribution in [0.5, 0.6) is 11.5 Å². The molecular formula is C30H30N6O4S2.